The van der Waals surface area contributed by atoms with Crippen molar-refractivity contribution in [3.05, 3.63) is 36.0 Å². The molecule has 0 spiro atoms. The number of hydrogen-bond donors (Lipinski definition) is 0. The van der Waals surface area contributed by atoms with Crippen LogP contribution in [0.4, 0.5) is 0 Å². The van der Waals surface area contributed by atoms with E-state index in [2.05, 4.69) is 60.3 Å². The highest BCUT2D eigenvalue weighted by molar-refractivity contribution is 6.14. The Kier molecular flexibility index (Phi) is 5.32. The summed E-state index contributed by atoms with van der Waals surface area (Å²) in [7, 11) is 6.04. The summed E-state index contributed by atoms with van der Waals surface area (Å²) in [5.74, 6) is 0. The van der Waals surface area contributed by atoms with Crippen LogP contribution in [0.15, 0.2) is 36.0 Å². The lowest BCUT2D eigenvalue weighted by Crippen LogP contribution is -2.09. The molecule has 16 heavy (non-hydrogen) atoms. The molecule has 0 unspecified atom stereocenters. The van der Waals surface area contributed by atoms with Gasteiger partial charge in [-0.25, -0.2) is 0 Å². The molecule has 1 heteroatoms. The maximum atomic E-state index is 6.04. The highest BCUT2D eigenvalue weighted by atomic mass is 14.2. The van der Waals surface area contributed by atoms with Crippen LogP contribution in [-0.4, -0.2) is 7.85 Å². The summed E-state index contributed by atoms with van der Waals surface area (Å²) in [5.41, 5.74) is 2.66. The first-order valence-electron chi connectivity index (χ1n) is 5.89. The molecular weight excluding hydrogens is 191 g/mol. The lowest BCUT2D eigenvalue weighted by molar-refractivity contribution is 0.516. The van der Waals surface area contributed by atoms with E-state index in [9.17, 15) is 0 Å². The summed E-state index contributed by atoms with van der Waals surface area (Å²) >= 11 is 0. The average molecular weight is 216 g/mol. The highest BCUT2D eigenvalue weighted by Gasteiger charge is 2.16. The molecule has 0 amide bonds. The van der Waals surface area contributed by atoms with Crippen molar-refractivity contribution in [2.75, 3.05) is 0 Å². The largest absolute Gasteiger partial charge is 0.0988 e. The molecule has 0 aliphatic heterocycles. The molecular formula is C15H25B. The first kappa shape index (κ1) is 15.3. The summed E-state index contributed by atoms with van der Waals surface area (Å²) in [5, 5.41) is -0.164. The Morgan fingerprint density at radius 2 is 1.69 bits per heavy atom. The van der Waals surface area contributed by atoms with E-state index >= 15 is 0 Å². The van der Waals surface area contributed by atoms with Gasteiger partial charge in [0.15, 0.2) is 0 Å². The second kappa shape index (κ2) is 5.56. The predicted octanol–water partition coefficient (Wildman–Crippen LogP) is 4.85. The SMILES string of the molecule is [B]C(C)(C)CC(=C/C)/C=C(\C=C)C(C)(C)C. The quantitative estimate of drug-likeness (QED) is 0.465. The van der Waals surface area contributed by atoms with Gasteiger partial charge in [-0.3, -0.25) is 0 Å². The van der Waals surface area contributed by atoms with Crippen LogP contribution in [0.2, 0.25) is 5.31 Å². The average Bonchev–Trinajstić information content (AvgIpc) is 2.07. The van der Waals surface area contributed by atoms with Gasteiger partial charge in [-0.1, -0.05) is 70.3 Å². The molecule has 0 aliphatic rings. The van der Waals surface area contributed by atoms with Crippen LogP contribution in [-0.2, 0) is 0 Å². The van der Waals surface area contributed by atoms with Crippen LogP contribution in [0.25, 0.3) is 0 Å². The normalized spacial score (nSPS) is 15.1. The Morgan fingerprint density at radius 1 is 1.19 bits per heavy atom. The lowest BCUT2D eigenvalue weighted by Gasteiger charge is -2.23. The molecule has 0 saturated heterocycles. The van der Waals surface area contributed by atoms with Crippen LogP contribution >= 0.6 is 0 Å². The number of hydrogen-bond acceptors (Lipinski definition) is 0. The predicted molar refractivity (Wildman–Crippen MR) is 75.9 cm³/mol. The molecule has 0 rings (SSSR count). The molecule has 0 aromatic rings. The van der Waals surface area contributed by atoms with Gasteiger partial charge < -0.3 is 0 Å². The van der Waals surface area contributed by atoms with Gasteiger partial charge in [-0.05, 0) is 24.3 Å². The Labute approximate surface area is 103 Å². The van der Waals surface area contributed by atoms with Crippen molar-refractivity contribution in [3.63, 3.8) is 0 Å². The van der Waals surface area contributed by atoms with E-state index in [-0.39, 0.29) is 10.7 Å². The molecule has 88 valence electrons. The summed E-state index contributed by atoms with van der Waals surface area (Å²) in [6.07, 6.45) is 7.16. The molecule has 0 aromatic carbocycles. The second-order valence-corrected chi connectivity index (χ2v) is 6.08. The van der Waals surface area contributed by atoms with Gasteiger partial charge in [0.1, 0.15) is 0 Å². The van der Waals surface area contributed by atoms with Gasteiger partial charge in [0.25, 0.3) is 0 Å². The van der Waals surface area contributed by atoms with Crippen molar-refractivity contribution in [1.29, 1.82) is 0 Å². The summed E-state index contributed by atoms with van der Waals surface area (Å²) in [4.78, 5) is 0. The zero-order chi connectivity index (χ0) is 13.0. The monoisotopic (exact) mass is 216 g/mol. The third-order valence-corrected chi connectivity index (χ3v) is 2.46. The molecule has 0 aliphatic carbocycles. The van der Waals surface area contributed by atoms with E-state index in [1.54, 1.807) is 0 Å². The van der Waals surface area contributed by atoms with Crippen molar-refractivity contribution < 1.29 is 0 Å². The zero-order valence-corrected chi connectivity index (χ0v) is 11.7. The van der Waals surface area contributed by atoms with Crippen LogP contribution in [0.5, 0.6) is 0 Å². The molecule has 0 atom stereocenters. The van der Waals surface area contributed by atoms with Crippen molar-refractivity contribution >= 4 is 7.85 Å². The Morgan fingerprint density at radius 3 is 1.94 bits per heavy atom. The van der Waals surface area contributed by atoms with Gasteiger partial charge in [-0.15, -0.1) is 0 Å². The van der Waals surface area contributed by atoms with Crippen molar-refractivity contribution in [2.24, 2.45) is 5.41 Å². The van der Waals surface area contributed by atoms with Gasteiger partial charge in [0, 0.05) is 0 Å². The summed E-state index contributed by atoms with van der Waals surface area (Å²) in [6.45, 7) is 16.6. The fourth-order valence-corrected chi connectivity index (χ4v) is 1.54. The minimum Gasteiger partial charge on any atom is -0.0988 e. The maximum Gasteiger partial charge on any atom is 0.0743 e. The van der Waals surface area contributed by atoms with Gasteiger partial charge in [0.2, 0.25) is 0 Å². The zero-order valence-electron chi connectivity index (χ0n) is 11.7. The minimum absolute atomic E-state index is 0.134. The smallest absolute Gasteiger partial charge is 0.0743 e. The molecule has 0 bridgehead atoms. The number of rotatable bonds is 4. The standard InChI is InChI=1S/C15H25B/c1-8-12(11-15(6,7)16)10-13(9-2)14(3,4)5/h8-10H,2,11H2,1,3-7H3/b12-8+,13-10+. The maximum absolute atomic E-state index is 6.04. The van der Waals surface area contributed by atoms with Crippen LogP contribution < -0.4 is 0 Å². The van der Waals surface area contributed by atoms with Crippen LogP contribution in [0.3, 0.4) is 0 Å². The van der Waals surface area contributed by atoms with Crippen molar-refractivity contribution in [2.45, 2.75) is 53.3 Å². The summed E-state index contributed by atoms with van der Waals surface area (Å²) in [6, 6.07) is 0. The lowest BCUT2D eigenvalue weighted by atomic mass is 9.68. The van der Waals surface area contributed by atoms with E-state index < -0.39 is 0 Å². The fourth-order valence-electron chi connectivity index (χ4n) is 1.54. The Hall–Kier alpha value is -0.715. The molecule has 0 fully saturated rings. The minimum atomic E-state index is -0.164. The van der Waals surface area contributed by atoms with E-state index in [0.717, 1.165) is 6.42 Å². The van der Waals surface area contributed by atoms with E-state index in [1.165, 1.54) is 11.1 Å². The van der Waals surface area contributed by atoms with Crippen LogP contribution in [0, 0.1) is 5.41 Å². The molecule has 2 radical (unpaired) electrons. The van der Waals surface area contributed by atoms with Gasteiger partial charge >= 0.3 is 0 Å². The van der Waals surface area contributed by atoms with Gasteiger partial charge in [0.05, 0.1) is 7.85 Å². The summed E-state index contributed by atoms with van der Waals surface area (Å²) < 4.78 is 0. The van der Waals surface area contributed by atoms with E-state index in [0.29, 0.717) is 0 Å². The molecule has 0 nitrogen and oxygen atoms in total. The molecule has 0 heterocycles. The topological polar surface area (TPSA) is 0 Å². The Balaban J connectivity index is 5.02. The number of allylic oxidation sites excluding steroid dienone is 5. The first-order valence-corrected chi connectivity index (χ1v) is 5.89. The third-order valence-electron chi connectivity index (χ3n) is 2.46. The third kappa shape index (κ3) is 6.00. The van der Waals surface area contributed by atoms with Crippen molar-refractivity contribution in [1.82, 2.24) is 0 Å². The first-order chi connectivity index (χ1) is 7.10. The van der Waals surface area contributed by atoms with Crippen molar-refractivity contribution in [3.8, 4) is 0 Å². The van der Waals surface area contributed by atoms with Gasteiger partial charge in [-0.2, -0.15) is 0 Å². The molecule has 0 N–H and O–H groups in total. The molecule has 0 aromatic heterocycles. The molecule has 0 saturated carbocycles. The van der Waals surface area contributed by atoms with E-state index in [4.69, 9.17) is 7.85 Å². The Bertz CT molecular complexity index is 292. The fraction of sp³-hybridized carbons (Fsp3) is 0.600. The van der Waals surface area contributed by atoms with E-state index in [1.807, 2.05) is 6.08 Å². The highest BCUT2D eigenvalue weighted by Crippen LogP contribution is 2.32. The van der Waals surface area contributed by atoms with Crippen LogP contribution in [0.1, 0.15) is 48.0 Å². The second-order valence-electron chi connectivity index (χ2n) is 6.08.